The summed E-state index contributed by atoms with van der Waals surface area (Å²) in [5.74, 6) is -0.173. The van der Waals surface area contributed by atoms with Gasteiger partial charge in [-0.15, -0.1) is 16.4 Å². The molecular weight excluding hydrogens is 278 g/mol. The van der Waals surface area contributed by atoms with Gasteiger partial charge in [-0.25, -0.2) is 4.79 Å². The molecule has 2 aromatic rings. The number of amides is 3. The van der Waals surface area contributed by atoms with E-state index in [9.17, 15) is 9.59 Å². The lowest BCUT2D eigenvalue weighted by molar-refractivity contribution is -0.125. The largest absolute Gasteiger partial charge is 0.329 e. The third-order valence-electron chi connectivity index (χ3n) is 3.02. The zero-order valence-corrected chi connectivity index (χ0v) is 11.5. The van der Waals surface area contributed by atoms with Crippen LogP contribution in [0.3, 0.4) is 0 Å². The van der Waals surface area contributed by atoms with Crippen molar-refractivity contribution in [1.82, 2.24) is 25.2 Å². The predicted molar refractivity (Wildman–Crippen MR) is 73.1 cm³/mol. The first-order chi connectivity index (χ1) is 9.74. The summed E-state index contributed by atoms with van der Waals surface area (Å²) in [5.41, 5.74) is 0.843. The third-order valence-corrected chi connectivity index (χ3v) is 3.91. The molecule has 1 N–H and O–H groups in total. The Labute approximate surface area is 119 Å². The zero-order chi connectivity index (χ0) is 13.9. The van der Waals surface area contributed by atoms with Gasteiger partial charge < -0.3 is 5.32 Å². The molecule has 1 saturated heterocycles. The summed E-state index contributed by atoms with van der Waals surface area (Å²) in [6, 6.07) is 3.65. The van der Waals surface area contributed by atoms with Gasteiger partial charge in [0.25, 0.3) is 0 Å². The fourth-order valence-corrected chi connectivity index (χ4v) is 2.69. The molecule has 0 unspecified atom stereocenters. The van der Waals surface area contributed by atoms with Crippen LogP contribution in [0.25, 0.3) is 10.6 Å². The van der Waals surface area contributed by atoms with Crippen LogP contribution in [0.4, 0.5) is 4.79 Å². The molecule has 7 nitrogen and oxygen atoms in total. The lowest BCUT2D eigenvalue weighted by Crippen LogP contribution is -2.32. The van der Waals surface area contributed by atoms with Crippen LogP contribution in [0, 0.1) is 0 Å². The second-order valence-corrected chi connectivity index (χ2v) is 5.35. The van der Waals surface area contributed by atoms with Crippen LogP contribution in [-0.2, 0) is 11.3 Å². The summed E-state index contributed by atoms with van der Waals surface area (Å²) < 4.78 is 1.73. The number of urea groups is 1. The first-order valence-electron chi connectivity index (χ1n) is 6.26. The van der Waals surface area contributed by atoms with E-state index >= 15 is 0 Å². The van der Waals surface area contributed by atoms with Crippen LogP contribution in [0.15, 0.2) is 23.7 Å². The molecule has 3 rings (SSSR count). The topological polar surface area (TPSA) is 80.1 Å². The van der Waals surface area contributed by atoms with E-state index in [4.69, 9.17) is 0 Å². The molecule has 8 heteroatoms. The predicted octanol–water partition coefficient (Wildman–Crippen LogP) is 0.948. The summed E-state index contributed by atoms with van der Waals surface area (Å²) in [7, 11) is 0. The summed E-state index contributed by atoms with van der Waals surface area (Å²) in [5, 5.41) is 12.6. The van der Waals surface area contributed by atoms with E-state index in [0.29, 0.717) is 19.5 Å². The number of hydrogen-bond acceptors (Lipinski definition) is 5. The van der Waals surface area contributed by atoms with E-state index in [1.807, 2.05) is 23.7 Å². The van der Waals surface area contributed by atoms with Crippen molar-refractivity contribution in [2.24, 2.45) is 0 Å². The van der Waals surface area contributed by atoms with Gasteiger partial charge in [0.2, 0.25) is 5.91 Å². The smallest absolute Gasteiger partial charge is 0.324 e. The first-order valence-corrected chi connectivity index (χ1v) is 7.14. The molecule has 3 amide bonds. The summed E-state index contributed by atoms with van der Waals surface area (Å²) in [6.07, 6.45) is 2.53. The van der Waals surface area contributed by atoms with Gasteiger partial charge in [0.1, 0.15) is 5.69 Å². The summed E-state index contributed by atoms with van der Waals surface area (Å²) in [6.45, 7) is 1.12. The van der Waals surface area contributed by atoms with Crippen LogP contribution in [0.2, 0.25) is 0 Å². The van der Waals surface area contributed by atoms with Crippen molar-refractivity contribution in [3.8, 4) is 10.6 Å². The number of rotatable bonds is 5. The third kappa shape index (κ3) is 2.55. The highest BCUT2D eigenvalue weighted by Crippen LogP contribution is 2.21. The Bertz CT molecular complexity index is 606. The molecular formula is C12H13N5O2S. The minimum Gasteiger partial charge on any atom is -0.329 e. The molecule has 0 spiro atoms. The maximum absolute atomic E-state index is 11.4. The monoisotopic (exact) mass is 291 g/mol. The van der Waals surface area contributed by atoms with Gasteiger partial charge in [0.15, 0.2) is 0 Å². The Kier molecular flexibility index (Phi) is 3.46. The second kappa shape index (κ2) is 5.41. The Morgan fingerprint density at radius 1 is 1.35 bits per heavy atom. The van der Waals surface area contributed by atoms with Gasteiger partial charge in [-0.2, -0.15) is 0 Å². The van der Waals surface area contributed by atoms with Crippen molar-refractivity contribution in [2.75, 3.05) is 13.1 Å². The number of nitrogens with zero attached hydrogens (tertiary/aromatic N) is 4. The van der Waals surface area contributed by atoms with Crippen LogP contribution in [-0.4, -0.2) is 44.9 Å². The highest BCUT2D eigenvalue weighted by molar-refractivity contribution is 7.13. The number of thiophene rings is 1. The van der Waals surface area contributed by atoms with Gasteiger partial charge in [-0.1, -0.05) is 11.3 Å². The quantitative estimate of drug-likeness (QED) is 0.832. The van der Waals surface area contributed by atoms with Gasteiger partial charge in [-0.05, 0) is 17.9 Å². The highest BCUT2D eigenvalue weighted by Gasteiger charge is 2.27. The Morgan fingerprint density at radius 2 is 2.25 bits per heavy atom. The van der Waals surface area contributed by atoms with E-state index in [-0.39, 0.29) is 18.5 Å². The fourth-order valence-electron chi connectivity index (χ4n) is 2.02. The van der Waals surface area contributed by atoms with Gasteiger partial charge in [-0.3, -0.25) is 14.4 Å². The van der Waals surface area contributed by atoms with E-state index < -0.39 is 0 Å². The van der Waals surface area contributed by atoms with Gasteiger partial charge in [0, 0.05) is 13.1 Å². The van der Waals surface area contributed by atoms with Gasteiger partial charge >= 0.3 is 6.03 Å². The van der Waals surface area contributed by atoms with Crippen molar-refractivity contribution >= 4 is 23.3 Å². The molecule has 0 saturated carbocycles. The number of aromatic nitrogens is 3. The minimum atomic E-state index is -0.312. The van der Waals surface area contributed by atoms with Crippen molar-refractivity contribution in [2.45, 2.75) is 13.0 Å². The number of aryl methyl sites for hydroxylation is 1. The molecule has 3 heterocycles. The van der Waals surface area contributed by atoms with Crippen molar-refractivity contribution < 1.29 is 9.59 Å². The van der Waals surface area contributed by atoms with Crippen molar-refractivity contribution in [1.29, 1.82) is 0 Å². The highest BCUT2D eigenvalue weighted by atomic mass is 32.1. The Morgan fingerprint density at radius 3 is 2.95 bits per heavy atom. The molecule has 0 bridgehead atoms. The van der Waals surface area contributed by atoms with E-state index in [0.717, 1.165) is 10.6 Å². The molecule has 1 aliphatic rings. The molecule has 0 radical (unpaired) electrons. The molecule has 20 heavy (non-hydrogen) atoms. The van der Waals surface area contributed by atoms with Crippen LogP contribution >= 0.6 is 11.3 Å². The van der Waals surface area contributed by atoms with Crippen LogP contribution < -0.4 is 5.32 Å². The molecule has 104 valence electrons. The van der Waals surface area contributed by atoms with Gasteiger partial charge in [0.05, 0.1) is 17.6 Å². The number of carbonyl (C=O) groups excluding carboxylic acids is 2. The summed E-state index contributed by atoms with van der Waals surface area (Å²) >= 11 is 1.61. The number of hydrogen-bond donors (Lipinski definition) is 1. The van der Waals surface area contributed by atoms with E-state index in [1.165, 1.54) is 4.90 Å². The minimum absolute atomic E-state index is 0.102. The standard InChI is InChI=1S/C12H13N5O2S/c18-11-7-13-12(19)17(11)5-2-4-16-8-9(14-15-16)10-3-1-6-20-10/h1,3,6,8H,2,4-5,7H2,(H,13,19). The van der Waals surface area contributed by atoms with Crippen molar-refractivity contribution in [3.05, 3.63) is 23.7 Å². The molecule has 0 aromatic carbocycles. The molecule has 1 aliphatic heterocycles. The molecule has 0 aliphatic carbocycles. The molecule has 2 aromatic heterocycles. The normalized spacial score (nSPS) is 14.9. The lowest BCUT2D eigenvalue weighted by atomic mass is 10.3. The first kappa shape index (κ1) is 12.8. The zero-order valence-electron chi connectivity index (χ0n) is 10.7. The number of imide groups is 1. The Balaban J connectivity index is 1.54. The summed E-state index contributed by atoms with van der Waals surface area (Å²) in [4.78, 5) is 25.1. The molecule has 1 fully saturated rings. The van der Waals surface area contributed by atoms with Crippen molar-refractivity contribution in [3.63, 3.8) is 0 Å². The molecule has 0 atom stereocenters. The second-order valence-electron chi connectivity index (χ2n) is 4.40. The fraction of sp³-hybridized carbons (Fsp3) is 0.333. The van der Waals surface area contributed by atoms with E-state index in [1.54, 1.807) is 16.0 Å². The lowest BCUT2D eigenvalue weighted by Gasteiger charge is -2.11. The maximum atomic E-state index is 11.4. The average Bonchev–Trinajstić information content (AvgIpc) is 3.14. The number of carbonyl (C=O) groups is 2. The average molecular weight is 291 g/mol. The van der Waals surface area contributed by atoms with Crippen LogP contribution in [0.1, 0.15) is 6.42 Å². The van der Waals surface area contributed by atoms with Crippen LogP contribution in [0.5, 0.6) is 0 Å². The van der Waals surface area contributed by atoms with E-state index in [2.05, 4.69) is 15.6 Å². The number of nitrogens with one attached hydrogen (secondary N) is 1. The SMILES string of the molecule is O=C1CNC(=O)N1CCCn1cc(-c2cccs2)nn1. The Hall–Kier alpha value is -2.22. The maximum Gasteiger partial charge on any atom is 0.324 e.